The number of aryl methyl sites for hydroxylation is 1. The fourth-order valence-corrected chi connectivity index (χ4v) is 3.37. The Morgan fingerprint density at radius 2 is 2.00 bits per heavy atom. The highest BCUT2D eigenvalue weighted by molar-refractivity contribution is 5.50. The van der Waals surface area contributed by atoms with Crippen LogP contribution in [-0.2, 0) is 19.4 Å². The van der Waals surface area contributed by atoms with Gasteiger partial charge in [-0.2, -0.15) is 0 Å². The van der Waals surface area contributed by atoms with Crippen LogP contribution in [0.15, 0.2) is 29.3 Å². The summed E-state index contributed by atoms with van der Waals surface area (Å²) in [6.07, 6.45) is 8.80. The number of furan rings is 1. The molecule has 0 saturated carbocycles. The third kappa shape index (κ3) is 2.53. The van der Waals surface area contributed by atoms with E-state index in [1.165, 1.54) is 29.1 Å². The fraction of sp³-hybridized carbons (Fsp3) is 0.500. The molecule has 0 spiro atoms. The van der Waals surface area contributed by atoms with Crippen LogP contribution in [0.5, 0.6) is 0 Å². The van der Waals surface area contributed by atoms with Crippen molar-refractivity contribution in [1.82, 2.24) is 14.9 Å². The van der Waals surface area contributed by atoms with Crippen molar-refractivity contribution in [2.45, 2.75) is 25.8 Å². The van der Waals surface area contributed by atoms with Gasteiger partial charge in [-0.1, -0.05) is 0 Å². The average Bonchev–Trinajstić information content (AvgIpc) is 3.18. The Bertz CT molecular complexity index is 603. The molecule has 5 heteroatoms. The Morgan fingerprint density at radius 1 is 1.10 bits per heavy atom. The van der Waals surface area contributed by atoms with Crippen LogP contribution in [0.2, 0.25) is 0 Å². The second-order valence-electron chi connectivity index (χ2n) is 5.87. The molecule has 1 aliphatic heterocycles. The van der Waals surface area contributed by atoms with E-state index in [9.17, 15) is 0 Å². The Kier molecular flexibility index (Phi) is 3.35. The lowest BCUT2D eigenvalue weighted by Gasteiger charge is -2.35. The molecule has 0 unspecified atom stereocenters. The second-order valence-corrected chi connectivity index (χ2v) is 5.87. The monoisotopic (exact) mass is 284 g/mol. The van der Waals surface area contributed by atoms with Crippen LogP contribution in [0.4, 0.5) is 5.82 Å². The summed E-state index contributed by atoms with van der Waals surface area (Å²) in [5.74, 6) is 1.18. The predicted octanol–water partition coefficient (Wildman–Crippen LogP) is 1.88. The highest BCUT2D eigenvalue weighted by Crippen LogP contribution is 2.28. The molecule has 0 bridgehead atoms. The SMILES string of the molecule is c1nc2c(c(N3CCN(Cc4ccoc4)CC3)n1)CCC2. The fourth-order valence-electron chi connectivity index (χ4n) is 3.37. The zero-order valence-corrected chi connectivity index (χ0v) is 12.2. The first-order valence-corrected chi connectivity index (χ1v) is 7.71. The van der Waals surface area contributed by atoms with Crippen molar-refractivity contribution in [1.29, 1.82) is 0 Å². The Hall–Kier alpha value is -1.88. The maximum absolute atomic E-state index is 5.14. The maximum atomic E-state index is 5.14. The van der Waals surface area contributed by atoms with Gasteiger partial charge in [0.15, 0.2) is 0 Å². The smallest absolute Gasteiger partial charge is 0.135 e. The summed E-state index contributed by atoms with van der Waals surface area (Å²) in [6.45, 7) is 5.21. The minimum atomic E-state index is 0.978. The Labute approximate surface area is 124 Å². The molecule has 2 aromatic rings. The molecule has 110 valence electrons. The van der Waals surface area contributed by atoms with E-state index in [2.05, 4.69) is 19.8 Å². The minimum Gasteiger partial charge on any atom is -0.472 e. The van der Waals surface area contributed by atoms with Gasteiger partial charge in [0, 0.05) is 49.5 Å². The van der Waals surface area contributed by atoms with Crippen molar-refractivity contribution in [2.75, 3.05) is 31.1 Å². The third-order valence-corrected chi connectivity index (χ3v) is 4.51. The van der Waals surface area contributed by atoms with E-state index in [0.717, 1.165) is 45.6 Å². The van der Waals surface area contributed by atoms with E-state index in [-0.39, 0.29) is 0 Å². The summed E-state index contributed by atoms with van der Waals surface area (Å²) in [5, 5.41) is 0. The summed E-state index contributed by atoms with van der Waals surface area (Å²) in [5.41, 5.74) is 3.91. The van der Waals surface area contributed by atoms with Gasteiger partial charge in [0.05, 0.1) is 12.5 Å². The average molecular weight is 284 g/mol. The molecular formula is C16H20N4O. The van der Waals surface area contributed by atoms with E-state index in [0.29, 0.717) is 0 Å². The molecule has 0 radical (unpaired) electrons. The zero-order valence-electron chi connectivity index (χ0n) is 12.2. The lowest BCUT2D eigenvalue weighted by atomic mass is 10.2. The van der Waals surface area contributed by atoms with Gasteiger partial charge in [-0.05, 0) is 25.3 Å². The van der Waals surface area contributed by atoms with E-state index in [1.807, 2.05) is 12.3 Å². The molecular weight excluding hydrogens is 264 g/mol. The Balaban J connectivity index is 1.42. The lowest BCUT2D eigenvalue weighted by molar-refractivity contribution is 0.248. The molecule has 1 aliphatic carbocycles. The number of nitrogens with zero attached hydrogens (tertiary/aromatic N) is 4. The van der Waals surface area contributed by atoms with Crippen LogP contribution >= 0.6 is 0 Å². The van der Waals surface area contributed by atoms with Crippen molar-refractivity contribution in [3.05, 3.63) is 41.7 Å². The number of fused-ring (bicyclic) bond motifs is 1. The third-order valence-electron chi connectivity index (χ3n) is 4.51. The van der Waals surface area contributed by atoms with Crippen LogP contribution in [0, 0.1) is 0 Å². The van der Waals surface area contributed by atoms with Crippen molar-refractivity contribution >= 4 is 5.82 Å². The van der Waals surface area contributed by atoms with Gasteiger partial charge in [0.1, 0.15) is 12.1 Å². The van der Waals surface area contributed by atoms with Crippen molar-refractivity contribution in [3.8, 4) is 0 Å². The topological polar surface area (TPSA) is 45.4 Å². The number of hydrogen-bond acceptors (Lipinski definition) is 5. The lowest BCUT2D eigenvalue weighted by Crippen LogP contribution is -2.46. The van der Waals surface area contributed by atoms with Gasteiger partial charge in [0.2, 0.25) is 0 Å². The quantitative estimate of drug-likeness (QED) is 0.861. The first kappa shape index (κ1) is 12.8. The summed E-state index contributed by atoms with van der Waals surface area (Å²) >= 11 is 0. The normalized spacial score (nSPS) is 19.0. The molecule has 0 amide bonds. The molecule has 2 aromatic heterocycles. The van der Waals surface area contributed by atoms with E-state index in [1.54, 1.807) is 12.6 Å². The van der Waals surface area contributed by atoms with Crippen LogP contribution in [0.1, 0.15) is 23.2 Å². The maximum Gasteiger partial charge on any atom is 0.135 e. The summed E-state index contributed by atoms with van der Waals surface area (Å²) in [7, 11) is 0. The first-order chi connectivity index (χ1) is 10.4. The number of rotatable bonds is 3. The van der Waals surface area contributed by atoms with Crippen LogP contribution in [0.25, 0.3) is 0 Å². The highest BCUT2D eigenvalue weighted by Gasteiger charge is 2.24. The molecule has 1 saturated heterocycles. The molecule has 4 rings (SSSR count). The molecule has 21 heavy (non-hydrogen) atoms. The molecule has 0 atom stereocenters. The van der Waals surface area contributed by atoms with Gasteiger partial charge in [-0.25, -0.2) is 9.97 Å². The minimum absolute atomic E-state index is 0.978. The van der Waals surface area contributed by atoms with Gasteiger partial charge in [0.25, 0.3) is 0 Å². The van der Waals surface area contributed by atoms with Crippen LogP contribution in [-0.4, -0.2) is 41.0 Å². The van der Waals surface area contributed by atoms with Gasteiger partial charge >= 0.3 is 0 Å². The largest absolute Gasteiger partial charge is 0.472 e. The summed E-state index contributed by atoms with van der Waals surface area (Å²) in [4.78, 5) is 13.9. The molecule has 1 fully saturated rings. The van der Waals surface area contributed by atoms with E-state index in [4.69, 9.17) is 4.42 Å². The predicted molar refractivity (Wildman–Crippen MR) is 80.3 cm³/mol. The van der Waals surface area contributed by atoms with Gasteiger partial charge < -0.3 is 9.32 Å². The van der Waals surface area contributed by atoms with Crippen molar-refractivity contribution < 1.29 is 4.42 Å². The van der Waals surface area contributed by atoms with Crippen LogP contribution in [0.3, 0.4) is 0 Å². The number of piperazine rings is 1. The zero-order chi connectivity index (χ0) is 14.1. The van der Waals surface area contributed by atoms with Gasteiger partial charge in [-0.15, -0.1) is 0 Å². The molecule has 3 heterocycles. The molecule has 2 aliphatic rings. The van der Waals surface area contributed by atoms with Crippen molar-refractivity contribution in [3.63, 3.8) is 0 Å². The Morgan fingerprint density at radius 3 is 2.81 bits per heavy atom. The van der Waals surface area contributed by atoms with E-state index < -0.39 is 0 Å². The van der Waals surface area contributed by atoms with Crippen LogP contribution < -0.4 is 4.90 Å². The molecule has 5 nitrogen and oxygen atoms in total. The van der Waals surface area contributed by atoms with Gasteiger partial charge in [-0.3, -0.25) is 4.90 Å². The van der Waals surface area contributed by atoms with Crippen molar-refractivity contribution in [2.24, 2.45) is 0 Å². The summed E-state index contributed by atoms with van der Waals surface area (Å²) in [6, 6.07) is 2.05. The molecule has 0 N–H and O–H groups in total. The highest BCUT2D eigenvalue weighted by atomic mass is 16.3. The number of anilines is 1. The second kappa shape index (κ2) is 5.48. The number of hydrogen-bond donors (Lipinski definition) is 0. The number of aromatic nitrogens is 2. The molecule has 0 aromatic carbocycles. The standard InChI is InChI=1S/C16H20N4O/c1-2-14-15(3-1)17-12-18-16(14)20-7-5-19(6-8-20)10-13-4-9-21-11-13/h4,9,11-12H,1-3,5-8,10H2. The van der Waals surface area contributed by atoms with E-state index >= 15 is 0 Å². The first-order valence-electron chi connectivity index (χ1n) is 7.71. The summed E-state index contributed by atoms with van der Waals surface area (Å²) < 4.78 is 5.14.